The van der Waals surface area contributed by atoms with E-state index in [4.69, 9.17) is 10.8 Å². The molecule has 1 atom stereocenters. The maximum atomic E-state index is 10.2. The number of hydrogen-bond donors (Lipinski definition) is 4. The van der Waals surface area contributed by atoms with E-state index >= 15 is 0 Å². The number of aliphatic hydroxyl groups excluding tert-OH is 1. The molecule has 1 fully saturated rings. The third kappa shape index (κ3) is 30.8. The van der Waals surface area contributed by atoms with Crippen LogP contribution in [0.1, 0.15) is 92.4 Å². The highest BCUT2D eigenvalue weighted by molar-refractivity contribution is 6.36. The van der Waals surface area contributed by atoms with Crippen molar-refractivity contribution in [1.82, 2.24) is 10.2 Å². The average molecular weight is 449 g/mol. The minimum atomic E-state index is -0.889. The molecule has 1 aliphatic rings. The van der Waals surface area contributed by atoms with Gasteiger partial charge in [0, 0.05) is 6.54 Å². The lowest BCUT2D eigenvalue weighted by Crippen LogP contribution is -2.31. The zero-order chi connectivity index (χ0) is 24.9. The molecule has 188 valence electrons. The number of rotatable bonds is 11. The van der Waals surface area contributed by atoms with Gasteiger partial charge < -0.3 is 26.8 Å². The van der Waals surface area contributed by atoms with Gasteiger partial charge in [-0.05, 0) is 26.4 Å². The molecule has 31 heavy (non-hydrogen) atoms. The number of amides is 2. The fourth-order valence-electron chi connectivity index (χ4n) is 2.47. The van der Waals surface area contributed by atoms with Crippen molar-refractivity contribution in [3.8, 4) is 0 Å². The van der Waals surface area contributed by atoms with Crippen LogP contribution in [0.4, 0.5) is 0 Å². The van der Waals surface area contributed by atoms with E-state index in [1.54, 1.807) is 11.9 Å². The fraction of sp³-hybridized carbons (Fsp3) is 0.870. The lowest BCUT2D eigenvalue weighted by Gasteiger charge is -2.16. The molecule has 8 heteroatoms. The van der Waals surface area contributed by atoms with Gasteiger partial charge >= 0.3 is 0 Å². The number of nitrogens with zero attached hydrogens (tertiary/aromatic N) is 1. The Morgan fingerprint density at radius 1 is 1.06 bits per heavy atom. The van der Waals surface area contributed by atoms with Crippen molar-refractivity contribution in [2.24, 2.45) is 11.5 Å². The van der Waals surface area contributed by atoms with Crippen molar-refractivity contribution in [3.63, 3.8) is 0 Å². The molecule has 1 aliphatic heterocycles. The molecule has 2 amide bonds. The summed E-state index contributed by atoms with van der Waals surface area (Å²) in [6.45, 7) is 12.1. The summed E-state index contributed by atoms with van der Waals surface area (Å²) in [7, 11) is 1.57. The van der Waals surface area contributed by atoms with Crippen LogP contribution in [-0.4, -0.2) is 67.4 Å². The summed E-state index contributed by atoms with van der Waals surface area (Å²) >= 11 is 0. The Hall–Kier alpha value is -1.51. The van der Waals surface area contributed by atoms with Crippen molar-refractivity contribution in [2.45, 2.75) is 98.4 Å². The van der Waals surface area contributed by atoms with E-state index in [0.717, 1.165) is 32.3 Å². The SMILES string of the molecule is CC.CCCCCCCCC.CCN.CNCC(=O)C(N)=O.O=CN1CCCC1CO. The maximum Gasteiger partial charge on any atom is 0.286 e. The van der Waals surface area contributed by atoms with Crippen LogP contribution in [0.2, 0.25) is 0 Å². The van der Waals surface area contributed by atoms with E-state index in [0.29, 0.717) is 0 Å². The number of Topliss-reactive ketones (excluding diaryl/α,β-unsaturated/α-hetero) is 1. The predicted molar refractivity (Wildman–Crippen MR) is 131 cm³/mol. The van der Waals surface area contributed by atoms with Gasteiger partial charge in [0.15, 0.2) is 0 Å². The molecule has 1 unspecified atom stereocenters. The van der Waals surface area contributed by atoms with Crippen molar-refractivity contribution in [1.29, 1.82) is 0 Å². The number of carbonyl (C=O) groups excluding carboxylic acids is 3. The van der Waals surface area contributed by atoms with Crippen LogP contribution in [-0.2, 0) is 14.4 Å². The smallest absolute Gasteiger partial charge is 0.286 e. The molecule has 6 N–H and O–H groups in total. The first-order chi connectivity index (χ1) is 14.9. The molecule has 0 spiro atoms. The van der Waals surface area contributed by atoms with E-state index < -0.39 is 11.7 Å². The Labute approximate surface area is 191 Å². The van der Waals surface area contributed by atoms with Gasteiger partial charge in [0.2, 0.25) is 12.2 Å². The topological polar surface area (TPSA) is 139 Å². The minimum Gasteiger partial charge on any atom is -0.394 e. The zero-order valence-electron chi connectivity index (χ0n) is 21.1. The molecular weight excluding hydrogens is 396 g/mol. The highest BCUT2D eigenvalue weighted by Crippen LogP contribution is 2.13. The first-order valence-corrected chi connectivity index (χ1v) is 11.9. The van der Waals surface area contributed by atoms with Gasteiger partial charge in [-0.15, -0.1) is 0 Å². The summed E-state index contributed by atoms with van der Waals surface area (Å²) < 4.78 is 0. The molecule has 1 saturated heterocycles. The molecule has 0 bridgehead atoms. The largest absolute Gasteiger partial charge is 0.394 e. The quantitative estimate of drug-likeness (QED) is 0.218. The lowest BCUT2D eigenvalue weighted by atomic mass is 10.1. The van der Waals surface area contributed by atoms with Gasteiger partial charge in [-0.3, -0.25) is 14.4 Å². The molecule has 1 heterocycles. The van der Waals surface area contributed by atoms with Gasteiger partial charge in [-0.1, -0.05) is 79.6 Å². The number of aliphatic hydroxyl groups is 1. The van der Waals surface area contributed by atoms with Gasteiger partial charge in [-0.2, -0.15) is 0 Å². The number of carbonyl (C=O) groups is 3. The monoisotopic (exact) mass is 448 g/mol. The number of primary amides is 1. The number of ketones is 1. The highest BCUT2D eigenvalue weighted by Gasteiger charge is 2.21. The molecule has 0 radical (unpaired) electrons. The molecule has 0 saturated carbocycles. The Morgan fingerprint density at radius 2 is 1.52 bits per heavy atom. The number of hydrogen-bond acceptors (Lipinski definition) is 6. The van der Waals surface area contributed by atoms with Gasteiger partial charge in [0.1, 0.15) is 0 Å². The van der Waals surface area contributed by atoms with E-state index in [2.05, 4.69) is 24.9 Å². The zero-order valence-corrected chi connectivity index (χ0v) is 21.1. The van der Waals surface area contributed by atoms with Gasteiger partial charge in [0.05, 0.1) is 19.2 Å². The van der Waals surface area contributed by atoms with Crippen LogP contribution in [0.3, 0.4) is 0 Å². The Bertz CT molecular complexity index is 377. The fourth-order valence-corrected chi connectivity index (χ4v) is 2.47. The van der Waals surface area contributed by atoms with Crippen LogP contribution in [0.25, 0.3) is 0 Å². The molecule has 1 rings (SSSR count). The van der Waals surface area contributed by atoms with Gasteiger partial charge in [0.25, 0.3) is 5.91 Å². The maximum absolute atomic E-state index is 10.2. The van der Waals surface area contributed by atoms with E-state index in [1.807, 2.05) is 20.8 Å². The van der Waals surface area contributed by atoms with E-state index in [9.17, 15) is 14.4 Å². The average Bonchev–Trinajstić information content (AvgIpc) is 3.25. The number of nitrogens with two attached hydrogens (primary N) is 2. The second kappa shape index (κ2) is 33.1. The summed E-state index contributed by atoms with van der Waals surface area (Å²) in [6.07, 6.45) is 12.8. The second-order valence-corrected chi connectivity index (χ2v) is 6.82. The van der Waals surface area contributed by atoms with Crippen LogP contribution < -0.4 is 16.8 Å². The normalized spacial score (nSPS) is 13.7. The minimum absolute atomic E-state index is 0.0231. The molecular formula is C23H52N4O4. The summed E-state index contributed by atoms with van der Waals surface area (Å²) in [5, 5.41) is 11.2. The van der Waals surface area contributed by atoms with Crippen LogP contribution >= 0.6 is 0 Å². The van der Waals surface area contributed by atoms with Crippen LogP contribution in [0, 0.1) is 0 Å². The molecule has 0 aliphatic carbocycles. The lowest BCUT2D eigenvalue weighted by molar-refractivity contribution is -0.135. The summed E-state index contributed by atoms with van der Waals surface area (Å²) in [5.74, 6) is -1.48. The molecule has 0 aromatic heterocycles. The van der Waals surface area contributed by atoms with E-state index in [-0.39, 0.29) is 19.2 Å². The number of likely N-dealkylation sites (N-methyl/N-ethyl adjacent to an activating group) is 1. The van der Waals surface area contributed by atoms with Crippen LogP contribution in [0.5, 0.6) is 0 Å². The first kappa shape index (κ1) is 36.8. The molecule has 8 nitrogen and oxygen atoms in total. The highest BCUT2D eigenvalue weighted by atomic mass is 16.3. The third-order valence-electron chi connectivity index (χ3n) is 4.09. The van der Waals surface area contributed by atoms with Crippen molar-refractivity contribution in [3.05, 3.63) is 0 Å². The number of unbranched alkanes of at least 4 members (excludes halogenated alkanes) is 6. The number of nitrogens with one attached hydrogen (secondary N) is 1. The number of likely N-dealkylation sites (tertiary alicyclic amines) is 1. The van der Waals surface area contributed by atoms with Crippen molar-refractivity contribution in [2.75, 3.05) is 33.3 Å². The summed E-state index contributed by atoms with van der Waals surface area (Å²) in [4.78, 5) is 32.0. The Balaban J connectivity index is -0.000000160. The first-order valence-electron chi connectivity index (χ1n) is 11.9. The Kier molecular flexibility index (Phi) is 39.4. The second-order valence-electron chi connectivity index (χ2n) is 6.82. The van der Waals surface area contributed by atoms with Crippen molar-refractivity contribution < 1.29 is 19.5 Å². The molecule has 0 aromatic rings. The molecule has 0 aromatic carbocycles. The Morgan fingerprint density at radius 3 is 1.77 bits per heavy atom. The summed E-state index contributed by atoms with van der Waals surface area (Å²) in [5.41, 5.74) is 9.44. The van der Waals surface area contributed by atoms with E-state index in [1.165, 1.54) is 44.9 Å². The summed E-state index contributed by atoms with van der Waals surface area (Å²) in [6, 6.07) is 0.0995. The van der Waals surface area contributed by atoms with Crippen LogP contribution in [0.15, 0.2) is 0 Å². The predicted octanol–water partition coefficient (Wildman–Crippen LogP) is 2.61. The van der Waals surface area contributed by atoms with Gasteiger partial charge in [-0.25, -0.2) is 0 Å². The third-order valence-corrected chi connectivity index (χ3v) is 4.09. The van der Waals surface area contributed by atoms with Crippen molar-refractivity contribution >= 4 is 18.1 Å². The standard InChI is InChI=1S/C9H20.C6H11NO2.C4H8N2O2.C2H7N.C2H6/c1-3-5-7-9-8-6-4-2;8-4-6-2-1-3-7(6)5-9;1-6-2-3(7)4(5)8;1-2-3;1-2/h3-9H2,1-2H3;5-6,8H,1-4H2;6H,2H2,1H3,(H2,5,8);2-3H2,1H3;1-2H3.